The second kappa shape index (κ2) is 6.28. The Labute approximate surface area is 99.7 Å². The number of nitrogens with one attached hydrogen (secondary N) is 1. The number of hydrazone groups is 1. The Hall–Kier alpha value is -2.35. The highest BCUT2D eigenvalue weighted by atomic mass is 16.5. The lowest BCUT2D eigenvalue weighted by Gasteiger charge is -2.04. The van der Waals surface area contributed by atoms with Crippen LogP contribution in [-0.2, 0) is 9.53 Å². The van der Waals surface area contributed by atoms with Crippen molar-refractivity contribution in [2.45, 2.75) is 13.8 Å². The first-order valence-electron chi connectivity index (χ1n) is 5.15. The van der Waals surface area contributed by atoms with Crippen molar-refractivity contribution in [3.8, 4) is 6.07 Å². The Morgan fingerprint density at radius 2 is 2.24 bits per heavy atom. The minimum atomic E-state index is -0.726. The number of ether oxygens (including phenoxy) is 1. The molecule has 17 heavy (non-hydrogen) atoms. The molecule has 0 spiro atoms. The third kappa shape index (κ3) is 3.61. The van der Waals surface area contributed by atoms with E-state index in [1.165, 1.54) is 0 Å². The molecule has 0 aliphatic carbocycles. The summed E-state index contributed by atoms with van der Waals surface area (Å²) in [6.07, 6.45) is 0. The molecule has 5 heteroatoms. The summed E-state index contributed by atoms with van der Waals surface area (Å²) in [6, 6.07) is 9.12. The number of benzene rings is 1. The highest BCUT2D eigenvalue weighted by Gasteiger charge is 2.11. The Kier molecular flexibility index (Phi) is 4.70. The van der Waals surface area contributed by atoms with Crippen molar-refractivity contribution in [1.29, 1.82) is 5.26 Å². The zero-order chi connectivity index (χ0) is 12.7. The number of rotatable bonds is 4. The number of para-hydroxylation sites is 1. The predicted octanol–water partition coefficient (Wildman–Crippen LogP) is 1.85. The van der Waals surface area contributed by atoms with Crippen LogP contribution in [0.3, 0.4) is 0 Å². The molecule has 1 aromatic rings. The van der Waals surface area contributed by atoms with Gasteiger partial charge in [-0.2, -0.15) is 10.4 Å². The second-order valence-electron chi connectivity index (χ2n) is 3.22. The van der Waals surface area contributed by atoms with Gasteiger partial charge in [-0.05, 0) is 25.5 Å². The standard InChI is InChI=1S/C12H13N3O2/c1-3-17-12(16)11(8-13)15-14-10-7-5-4-6-9(10)2/h4-7,14H,3H2,1-2H3/b15-11-. The summed E-state index contributed by atoms with van der Waals surface area (Å²) in [6.45, 7) is 3.78. The van der Waals surface area contributed by atoms with Crippen LogP contribution in [0.2, 0.25) is 0 Å². The van der Waals surface area contributed by atoms with Crippen LogP contribution in [0.4, 0.5) is 5.69 Å². The molecular weight excluding hydrogens is 218 g/mol. The molecule has 1 N–H and O–H groups in total. The third-order valence-electron chi connectivity index (χ3n) is 2.01. The fourth-order valence-corrected chi connectivity index (χ4v) is 1.13. The molecule has 0 aromatic heterocycles. The fraction of sp³-hybridized carbons (Fsp3) is 0.250. The number of carbonyl (C=O) groups excluding carboxylic acids is 1. The van der Waals surface area contributed by atoms with Crippen LogP contribution in [0.5, 0.6) is 0 Å². The topological polar surface area (TPSA) is 74.5 Å². The number of carbonyl (C=O) groups is 1. The van der Waals surface area contributed by atoms with Crippen LogP contribution in [-0.4, -0.2) is 18.3 Å². The number of hydrogen-bond acceptors (Lipinski definition) is 5. The van der Waals surface area contributed by atoms with E-state index < -0.39 is 5.97 Å². The normalized spacial score (nSPS) is 10.5. The van der Waals surface area contributed by atoms with Crippen molar-refractivity contribution in [2.75, 3.05) is 12.0 Å². The van der Waals surface area contributed by atoms with Gasteiger partial charge in [0.05, 0.1) is 12.3 Å². The van der Waals surface area contributed by atoms with E-state index in [2.05, 4.69) is 15.3 Å². The van der Waals surface area contributed by atoms with Crippen LogP contribution in [0.15, 0.2) is 29.4 Å². The van der Waals surface area contributed by atoms with E-state index in [-0.39, 0.29) is 12.3 Å². The molecule has 1 aromatic carbocycles. The van der Waals surface area contributed by atoms with Gasteiger partial charge in [-0.25, -0.2) is 4.79 Å². The molecule has 0 atom stereocenters. The number of aryl methyl sites for hydroxylation is 1. The molecule has 88 valence electrons. The molecular formula is C12H13N3O2. The van der Waals surface area contributed by atoms with Crippen LogP contribution >= 0.6 is 0 Å². The van der Waals surface area contributed by atoms with E-state index in [4.69, 9.17) is 5.26 Å². The highest BCUT2D eigenvalue weighted by molar-refractivity contribution is 6.43. The zero-order valence-electron chi connectivity index (χ0n) is 9.73. The monoisotopic (exact) mass is 231 g/mol. The molecule has 0 saturated heterocycles. The number of hydrogen-bond donors (Lipinski definition) is 1. The molecule has 0 amide bonds. The van der Waals surface area contributed by atoms with Gasteiger partial charge < -0.3 is 4.74 Å². The molecule has 0 saturated carbocycles. The van der Waals surface area contributed by atoms with E-state index in [9.17, 15) is 4.79 Å². The highest BCUT2D eigenvalue weighted by Crippen LogP contribution is 2.12. The summed E-state index contributed by atoms with van der Waals surface area (Å²) < 4.78 is 4.68. The summed E-state index contributed by atoms with van der Waals surface area (Å²) >= 11 is 0. The quantitative estimate of drug-likeness (QED) is 0.487. The Balaban J connectivity index is 2.79. The van der Waals surface area contributed by atoms with Gasteiger partial charge in [-0.3, -0.25) is 5.43 Å². The lowest BCUT2D eigenvalue weighted by Crippen LogP contribution is -2.17. The third-order valence-corrected chi connectivity index (χ3v) is 2.01. The summed E-state index contributed by atoms with van der Waals surface area (Å²) in [5, 5.41) is 12.5. The summed E-state index contributed by atoms with van der Waals surface area (Å²) in [5.41, 5.74) is 4.08. The maximum atomic E-state index is 11.3. The molecule has 0 aliphatic rings. The van der Waals surface area contributed by atoms with Crippen LogP contribution < -0.4 is 5.43 Å². The van der Waals surface area contributed by atoms with E-state index in [0.717, 1.165) is 11.3 Å². The maximum Gasteiger partial charge on any atom is 0.369 e. The molecule has 1 rings (SSSR count). The minimum absolute atomic E-state index is 0.212. The van der Waals surface area contributed by atoms with Gasteiger partial charge in [0.2, 0.25) is 5.71 Å². The number of nitriles is 1. The van der Waals surface area contributed by atoms with Crippen LogP contribution in [0, 0.1) is 18.3 Å². The van der Waals surface area contributed by atoms with E-state index in [1.807, 2.05) is 25.1 Å². The molecule has 0 unspecified atom stereocenters. The van der Waals surface area contributed by atoms with Gasteiger partial charge in [-0.1, -0.05) is 18.2 Å². The van der Waals surface area contributed by atoms with Gasteiger partial charge in [-0.15, -0.1) is 0 Å². The Bertz CT molecular complexity index is 475. The predicted molar refractivity (Wildman–Crippen MR) is 64.5 cm³/mol. The molecule has 0 radical (unpaired) electrons. The average molecular weight is 231 g/mol. The first-order chi connectivity index (χ1) is 8.19. The number of esters is 1. The molecule has 0 fully saturated rings. The Morgan fingerprint density at radius 3 is 2.82 bits per heavy atom. The largest absolute Gasteiger partial charge is 0.461 e. The fourth-order valence-electron chi connectivity index (χ4n) is 1.13. The zero-order valence-corrected chi connectivity index (χ0v) is 9.73. The van der Waals surface area contributed by atoms with Crippen molar-refractivity contribution in [3.05, 3.63) is 29.8 Å². The summed E-state index contributed by atoms with van der Waals surface area (Å²) in [5.74, 6) is -0.726. The van der Waals surface area contributed by atoms with E-state index in [0.29, 0.717) is 0 Å². The minimum Gasteiger partial charge on any atom is -0.461 e. The lowest BCUT2D eigenvalue weighted by atomic mass is 10.2. The van der Waals surface area contributed by atoms with Crippen molar-refractivity contribution in [1.82, 2.24) is 0 Å². The summed E-state index contributed by atoms with van der Waals surface area (Å²) in [7, 11) is 0. The number of anilines is 1. The van der Waals surface area contributed by atoms with E-state index in [1.54, 1.807) is 19.1 Å². The van der Waals surface area contributed by atoms with Gasteiger partial charge in [0.1, 0.15) is 6.07 Å². The molecule has 0 aliphatic heterocycles. The van der Waals surface area contributed by atoms with Crippen molar-refractivity contribution < 1.29 is 9.53 Å². The average Bonchev–Trinajstić information content (AvgIpc) is 2.32. The first-order valence-corrected chi connectivity index (χ1v) is 5.15. The maximum absolute atomic E-state index is 11.3. The van der Waals surface area contributed by atoms with Crippen molar-refractivity contribution in [3.63, 3.8) is 0 Å². The van der Waals surface area contributed by atoms with Gasteiger partial charge >= 0.3 is 5.97 Å². The molecule has 0 bridgehead atoms. The SMILES string of the molecule is CCOC(=O)/C(C#N)=N\Nc1ccccc1C. The lowest BCUT2D eigenvalue weighted by molar-refractivity contribution is -0.134. The Morgan fingerprint density at radius 1 is 1.53 bits per heavy atom. The second-order valence-corrected chi connectivity index (χ2v) is 3.22. The van der Waals surface area contributed by atoms with Gasteiger partial charge in [0, 0.05) is 0 Å². The first kappa shape index (κ1) is 12.7. The van der Waals surface area contributed by atoms with Gasteiger partial charge in [0.15, 0.2) is 0 Å². The van der Waals surface area contributed by atoms with Crippen LogP contribution in [0.25, 0.3) is 0 Å². The molecule has 5 nitrogen and oxygen atoms in total. The van der Waals surface area contributed by atoms with Crippen LogP contribution in [0.1, 0.15) is 12.5 Å². The van der Waals surface area contributed by atoms with Crippen molar-refractivity contribution >= 4 is 17.4 Å². The van der Waals surface area contributed by atoms with Gasteiger partial charge in [0.25, 0.3) is 0 Å². The smallest absolute Gasteiger partial charge is 0.369 e. The number of nitrogens with zero attached hydrogens (tertiary/aromatic N) is 2. The molecule has 0 heterocycles. The summed E-state index contributed by atoms with van der Waals surface area (Å²) in [4.78, 5) is 11.3. The van der Waals surface area contributed by atoms with E-state index >= 15 is 0 Å². The van der Waals surface area contributed by atoms with Crippen molar-refractivity contribution in [2.24, 2.45) is 5.10 Å².